The number of hydrogen-bond acceptors (Lipinski definition) is 4. The van der Waals surface area contributed by atoms with E-state index in [2.05, 4.69) is 0 Å². The summed E-state index contributed by atoms with van der Waals surface area (Å²) in [6.45, 7) is 0. The van der Waals surface area contributed by atoms with Gasteiger partial charge in [0.2, 0.25) is 0 Å². The van der Waals surface area contributed by atoms with Crippen LogP contribution in [0.25, 0.3) is 6.08 Å². The van der Waals surface area contributed by atoms with Crippen LogP contribution >= 0.6 is 0 Å². The van der Waals surface area contributed by atoms with Gasteiger partial charge in [-0.15, -0.1) is 0 Å². The molecule has 1 heterocycles. The third-order valence-corrected chi connectivity index (χ3v) is 3.05. The van der Waals surface area contributed by atoms with Gasteiger partial charge in [-0.1, -0.05) is 12.1 Å². The SMILES string of the molecule is COc1cccc(C=C2C(=O)N(C)C(=O)N(C)C2=O)c1. The predicted octanol–water partition coefficient (Wildman–Crippen LogP) is 1.13. The van der Waals surface area contributed by atoms with Crippen LogP contribution in [0, 0.1) is 0 Å². The average Bonchev–Trinajstić information content (AvgIpc) is 2.48. The minimum atomic E-state index is -0.636. The van der Waals surface area contributed by atoms with Gasteiger partial charge in [0, 0.05) is 14.1 Å². The second-order valence-electron chi connectivity index (χ2n) is 4.35. The lowest BCUT2D eigenvalue weighted by atomic mass is 10.1. The third kappa shape index (κ3) is 2.27. The second-order valence-corrected chi connectivity index (χ2v) is 4.35. The molecule has 6 heteroatoms. The van der Waals surface area contributed by atoms with Crippen molar-refractivity contribution in [2.75, 3.05) is 21.2 Å². The lowest BCUT2D eigenvalue weighted by Crippen LogP contribution is -2.52. The van der Waals surface area contributed by atoms with Gasteiger partial charge in [-0.25, -0.2) is 4.79 Å². The number of rotatable bonds is 2. The Morgan fingerprint density at radius 3 is 2.20 bits per heavy atom. The van der Waals surface area contributed by atoms with Crippen molar-refractivity contribution in [3.63, 3.8) is 0 Å². The number of urea groups is 1. The van der Waals surface area contributed by atoms with Crippen molar-refractivity contribution in [1.29, 1.82) is 0 Å². The first kappa shape index (κ1) is 13.8. The van der Waals surface area contributed by atoms with E-state index in [1.165, 1.54) is 27.3 Å². The molecule has 1 aromatic carbocycles. The van der Waals surface area contributed by atoms with Crippen molar-refractivity contribution in [1.82, 2.24) is 9.80 Å². The van der Waals surface area contributed by atoms with Crippen LogP contribution in [0.2, 0.25) is 0 Å². The topological polar surface area (TPSA) is 66.9 Å². The number of carbonyl (C=O) groups is 3. The lowest BCUT2D eigenvalue weighted by Gasteiger charge is -2.28. The molecular weight excluding hydrogens is 260 g/mol. The van der Waals surface area contributed by atoms with E-state index in [0.717, 1.165) is 9.80 Å². The number of benzene rings is 1. The Kier molecular flexibility index (Phi) is 3.56. The standard InChI is InChI=1S/C14H14N2O4/c1-15-12(17)11(13(18)16(2)14(15)19)8-9-5-4-6-10(7-9)20-3/h4-8H,1-3H3. The average molecular weight is 274 g/mol. The Hall–Kier alpha value is -2.63. The molecule has 0 spiro atoms. The molecule has 0 bridgehead atoms. The van der Waals surface area contributed by atoms with Crippen LogP contribution in [0.1, 0.15) is 5.56 Å². The van der Waals surface area contributed by atoms with Crippen LogP contribution in [-0.4, -0.2) is 48.9 Å². The molecule has 0 aliphatic carbocycles. The van der Waals surface area contributed by atoms with E-state index < -0.39 is 17.8 Å². The van der Waals surface area contributed by atoms with Gasteiger partial charge in [0.15, 0.2) is 0 Å². The highest BCUT2D eigenvalue weighted by Gasteiger charge is 2.37. The summed E-state index contributed by atoms with van der Waals surface area (Å²) in [6.07, 6.45) is 1.45. The molecule has 0 aromatic heterocycles. The highest BCUT2D eigenvalue weighted by atomic mass is 16.5. The van der Waals surface area contributed by atoms with Gasteiger partial charge >= 0.3 is 6.03 Å². The van der Waals surface area contributed by atoms with E-state index in [-0.39, 0.29) is 5.57 Å². The Balaban J connectivity index is 2.43. The molecule has 104 valence electrons. The van der Waals surface area contributed by atoms with Crippen molar-refractivity contribution in [2.24, 2.45) is 0 Å². The zero-order chi connectivity index (χ0) is 14.9. The summed E-state index contributed by atoms with van der Waals surface area (Å²) in [4.78, 5) is 37.4. The van der Waals surface area contributed by atoms with E-state index >= 15 is 0 Å². The summed E-state index contributed by atoms with van der Waals surface area (Å²) in [5.74, 6) is -0.602. The summed E-state index contributed by atoms with van der Waals surface area (Å²) >= 11 is 0. The third-order valence-electron chi connectivity index (χ3n) is 3.05. The Morgan fingerprint density at radius 2 is 1.65 bits per heavy atom. The number of nitrogens with zero attached hydrogens (tertiary/aromatic N) is 2. The first-order valence-electron chi connectivity index (χ1n) is 5.91. The monoisotopic (exact) mass is 274 g/mol. The van der Waals surface area contributed by atoms with Gasteiger partial charge in [-0.3, -0.25) is 19.4 Å². The Bertz CT molecular complexity index is 595. The maximum atomic E-state index is 12.0. The van der Waals surface area contributed by atoms with E-state index in [0.29, 0.717) is 11.3 Å². The minimum Gasteiger partial charge on any atom is -0.497 e. The van der Waals surface area contributed by atoms with Gasteiger partial charge in [0.1, 0.15) is 11.3 Å². The summed E-state index contributed by atoms with van der Waals surface area (Å²) in [5, 5.41) is 0. The number of methoxy groups -OCH3 is 1. The van der Waals surface area contributed by atoms with Crippen LogP contribution in [-0.2, 0) is 9.59 Å². The summed E-state index contributed by atoms with van der Waals surface area (Å²) in [7, 11) is 4.21. The van der Waals surface area contributed by atoms with Crippen molar-refractivity contribution in [3.05, 3.63) is 35.4 Å². The summed E-state index contributed by atoms with van der Waals surface area (Å²) in [6, 6.07) is 6.31. The maximum Gasteiger partial charge on any atom is 0.333 e. The van der Waals surface area contributed by atoms with E-state index in [1.54, 1.807) is 24.3 Å². The fraction of sp³-hybridized carbons (Fsp3) is 0.214. The van der Waals surface area contributed by atoms with Gasteiger partial charge in [0.05, 0.1) is 7.11 Å². The zero-order valence-electron chi connectivity index (χ0n) is 11.4. The predicted molar refractivity (Wildman–Crippen MR) is 71.9 cm³/mol. The fourth-order valence-corrected chi connectivity index (χ4v) is 1.87. The number of carbonyl (C=O) groups excluding carboxylic acids is 3. The van der Waals surface area contributed by atoms with Crippen LogP contribution in [0.15, 0.2) is 29.8 Å². The largest absolute Gasteiger partial charge is 0.497 e. The lowest BCUT2D eigenvalue weighted by molar-refractivity contribution is -0.134. The molecule has 20 heavy (non-hydrogen) atoms. The summed E-state index contributed by atoms with van der Waals surface area (Å²) < 4.78 is 5.08. The van der Waals surface area contributed by atoms with Crippen molar-refractivity contribution in [3.8, 4) is 5.75 Å². The molecule has 1 aromatic rings. The molecular formula is C14H14N2O4. The molecule has 1 aliphatic rings. The number of hydrogen-bond donors (Lipinski definition) is 0. The molecule has 4 amide bonds. The number of likely N-dealkylation sites (N-methyl/N-ethyl adjacent to an activating group) is 2. The molecule has 0 unspecified atom stereocenters. The number of ether oxygens (including phenoxy) is 1. The van der Waals surface area contributed by atoms with Crippen LogP contribution in [0.4, 0.5) is 4.79 Å². The molecule has 0 N–H and O–H groups in total. The maximum absolute atomic E-state index is 12.0. The first-order valence-corrected chi connectivity index (χ1v) is 5.91. The molecule has 6 nitrogen and oxygen atoms in total. The van der Waals surface area contributed by atoms with E-state index in [4.69, 9.17) is 4.74 Å². The molecule has 0 radical (unpaired) electrons. The van der Waals surface area contributed by atoms with Gasteiger partial charge in [-0.2, -0.15) is 0 Å². The number of barbiturate groups is 1. The quantitative estimate of drug-likeness (QED) is 0.599. The smallest absolute Gasteiger partial charge is 0.333 e. The summed E-state index contributed by atoms with van der Waals surface area (Å²) in [5.41, 5.74) is 0.597. The molecule has 1 fully saturated rings. The van der Waals surface area contributed by atoms with E-state index in [9.17, 15) is 14.4 Å². The highest BCUT2D eigenvalue weighted by molar-refractivity contribution is 6.30. The number of imide groups is 2. The molecule has 1 saturated heterocycles. The van der Waals surface area contributed by atoms with Crippen molar-refractivity contribution < 1.29 is 19.1 Å². The minimum absolute atomic E-state index is 0.0529. The first-order chi connectivity index (χ1) is 9.45. The molecule has 0 saturated carbocycles. The second kappa shape index (κ2) is 5.16. The van der Waals surface area contributed by atoms with E-state index in [1.807, 2.05) is 0 Å². The molecule has 0 atom stereocenters. The molecule has 2 rings (SSSR count). The Morgan fingerprint density at radius 1 is 1.05 bits per heavy atom. The van der Waals surface area contributed by atoms with Crippen molar-refractivity contribution >= 4 is 23.9 Å². The van der Waals surface area contributed by atoms with Gasteiger partial charge in [0.25, 0.3) is 11.8 Å². The van der Waals surface area contributed by atoms with Crippen LogP contribution in [0.5, 0.6) is 5.75 Å². The number of amides is 4. The van der Waals surface area contributed by atoms with Gasteiger partial charge in [-0.05, 0) is 23.8 Å². The van der Waals surface area contributed by atoms with Crippen LogP contribution < -0.4 is 4.74 Å². The molecule has 1 aliphatic heterocycles. The highest BCUT2D eigenvalue weighted by Crippen LogP contribution is 2.20. The van der Waals surface area contributed by atoms with Crippen LogP contribution in [0.3, 0.4) is 0 Å². The van der Waals surface area contributed by atoms with Crippen molar-refractivity contribution in [2.45, 2.75) is 0 Å². The zero-order valence-corrected chi connectivity index (χ0v) is 11.4. The normalized spacial score (nSPS) is 15.8. The Labute approximate surface area is 116 Å². The fourth-order valence-electron chi connectivity index (χ4n) is 1.87. The van der Waals surface area contributed by atoms with Gasteiger partial charge < -0.3 is 4.74 Å².